The lowest BCUT2D eigenvalue weighted by atomic mass is 10.0. The summed E-state index contributed by atoms with van der Waals surface area (Å²) in [5.41, 5.74) is 9.98. The number of thiazole rings is 3. The van der Waals surface area contributed by atoms with Gasteiger partial charge in [-0.25, -0.2) is 15.0 Å². The molecule has 7 aromatic carbocycles. The molecule has 4 aromatic heterocycles. The van der Waals surface area contributed by atoms with Crippen molar-refractivity contribution in [2.75, 3.05) is 0 Å². The second kappa shape index (κ2) is 10.9. The van der Waals surface area contributed by atoms with Gasteiger partial charge in [0.15, 0.2) is 5.13 Å². The highest BCUT2D eigenvalue weighted by Gasteiger charge is 2.19. The van der Waals surface area contributed by atoms with E-state index in [1.165, 1.54) is 46.8 Å². The quantitative estimate of drug-likeness (QED) is 0.184. The maximum absolute atomic E-state index is 5.13. The third-order valence-electron chi connectivity index (χ3n) is 9.50. The molecule has 0 saturated carbocycles. The number of hydrogen-bond donors (Lipinski definition) is 0. The van der Waals surface area contributed by atoms with Gasteiger partial charge < -0.3 is 0 Å². The van der Waals surface area contributed by atoms with Crippen molar-refractivity contribution in [1.82, 2.24) is 19.5 Å². The van der Waals surface area contributed by atoms with Gasteiger partial charge in [-0.15, -0.1) is 22.7 Å². The van der Waals surface area contributed by atoms with Crippen LogP contribution in [0.25, 0.3) is 101 Å². The zero-order valence-corrected chi connectivity index (χ0v) is 28.8. The molecule has 4 heterocycles. The van der Waals surface area contributed by atoms with Crippen LogP contribution in [0.5, 0.6) is 0 Å². The molecule has 4 nitrogen and oxygen atoms in total. The van der Waals surface area contributed by atoms with Crippen LogP contribution in [0.4, 0.5) is 0 Å². The summed E-state index contributed by atoms with van der Waals surface area (Å²) in [6, 6.07) is 52.0. The van der Waals surface area contributed by atoms with E-state index in [1.54, 1.807) is 34.0 Å². The minimum atomic E-state index is 0.966. The number of para-hydroxylation sites is 2. The summed E-state index contributed by atoms with van der Waals surface area (Å²) in [5, 5.41) is 7.87. The summed E-state index contributed by atoms with van der Waals surface area (Å²) < 4.78 is 5.87. The Bertz CT molecular complexity index is 3060. The van der Waals surface area contributed by atoms with Crippen LogP contribution in [0.3, 0.4) is 0 Å². The molecule has 0 radical (unpaired) electrons. The Labute approximate surface area is 298 Å². The second-order valence-corrected chi connectivity index (χ2v) is 15.6. The number of rotatable bonds is 4. The van der Waals surface area contributed by atoms with Gasteiger partial charge in [-0.1, -0.05) is 78.1 Å². The van der Waals surface area contributed by atoms with Crippen molar-refractivity contribution in [3.63, 3.8) is 0 Å². The molecule has 0 unspecified atom stereocenters. The van der Waals surface area contributed by atoms with Crippen LogP contribution in [0.2, 0.25) is 0 Å². The molecule has 0 bridgehead atoms. The van der Waals surface area contributed by atoms with E-state index in [0.29, 0.717) is 0 Å². The van der Waals surface area contributed by atoms with Crippen molar-refractivity contribution in [2.45, 2.75) is 0 Å². The number of nitrogens with zero attached hydrogens (tertiary/aromatic N) is 4. The lowest BCUT2D eigenvalue weighted by Gasteiger charge is -2.04. The molecule has 0 spiro atoms. The standard InChI is InChI=1S/C43H24N4S3/c1-2-8-26-21-27(14-13-25(26)7-1)28-15-18-35-40(24-28)49-42(45-35)30-17-20-37-32(23-30)31-22-29(41-44-33-9-3-5-11-38(33)48-41)16-19-36(31)47(37)43-46-34-10-4-6-12-39(34)50-43/h1-24H. The molecule has 0 aliphatic carbocycles. The normalized spacial score (nSPS) is 12.0. The fraction of sp³-hybridized carbons (Fsp3) is 0. The summed E-state index contributed by atoms with van der Waals surface area (Å²) in [6.45, 7) is 0. The molecule has 0 aliphatic heterocycles. The third-order valence-corrected chi connectivity index (χ3v) is 12.7. The zero-order chi connectivity index (χ0) is 32.8. The van der Waals surface area contributed by atoms with Crippen LogP contribution in [0.1, 0.15) is 0 Å². The predicted octanol–water partition coefficient (Wildman–Crippen LogP) is 12.8. The molecular formula is C43H24N4S3. The van der Waals surface area contributed by atoms with Crippen LogP contribution in [0.15, 0.2) is 146 Å². The van der Waals surface area contributed by atoms with Gasteiger partial charge in [0.2, 0.25) is 0 Å². The Balaban J connectivity index is 1.08. The fourth-order valence-corrected chi connectivity index (χ4v) is 10.0. The van der Waals surface area contributed by atoms with Gasteiger partial charge in [0.1, 0.15) is 10.0 Å². The Morgan fingerprint density at radius 2 is 0.920 bits per heavy atom. The molecule has 0 fully saturated rings. The van der Waals surface area contributed by atoms with Crippen LogP contribution >= 0.6 is 34.0 Å². The first-order chi connectivity index (χ1) is 24.7. The van der Waals surface area contributed by atoms with Crippen molar-refractivity contribution < 1.29 is 0 Å². The highest BCUT2D eigenvalue weighted by Crippen LogP contribution is 2.41. The van der Waals surface area contributed by atoms with Crippen molar-refractivity contribution >= 4 is 97.2 Å². The Hall–Kier alpha value is -5.73. The van der Waals surface area contributed by atoms with E-state index in [2.05, 4.69) is 150 Å². The van der Waals surface area contributed by atoms with Crippen LogP contribution in [-0.2, 0) is 0 Å². The van der Waals surface area contributed by atoms with E-state index in [0.717, 1.165) is 53.9 Å². The van der Waals surface area contributed by atoms with Crippen molar-refractivity contribution in [2.24, 2.45) is 0 Å². The number of aromatic nitrogens is 4. The van der Waals surface area contributed by atoms with Crippen LogP contribution in [-0.4, -0.2) is 19.5 Å². The summed E-state index contributed by atoms with van der Waals surface area (Å²) in [4.78, 5) is 15.2. The Morgan fingerprint density at radius 3 is 1.62 bits per heavy atom. The molecule has 234 valence electrons. The zero-order valence-electron chi connectivity index (χ0n) is 26.4. The first-order valence-electron chi connectivity index (χ1n) is 16.4. The monoisotopic (exact) mass is 692 g/mol. The van der Waals surface area contributed by atoms with Gasteiger partial charge in [-0.3, -0.25) is 4.57 Å². The van der Waals surface area contributed by atoms with Gasteiger partial charge in [-0.2, -0.15) is 0 Å². The lowest BCUT2D eigenvalue weighted by molar-refractivity contribution is 1.15. The lowest BCUT2D eigenvalue weighted by Crippen LogP contribution is -1.92. The maximum Gasteiger partial charge on any atom is 0.195 e. The molecular weight excluding hydrogens is 669 g/mol. The molecule has 0 atom stereocenters. The highest BCUT2D eigenvalue weighted by molar-refractivity contribution is 7.22. The SMILES string of the molecule is c1ccc2cc(-c3ccc4nc(-c5ccc6c(c5)c5cc(-c7nc8ccccc8s7)ccc5n6-c5nc6ccccc6s5)sc4c3)ccc2c1. The molecule has 50 heavy (non-hydrogen) atoms. The van der Waals surface area contributed by atoms with Gasteiger partial charge in [-0.05, 0) is 101 Å². The van der Waals surface area contributed by atoms with E-state index >= 15 is 0 Å². The first-order valence-corrected chi connectivity index (χ1v) is 18.9. The summed E-state index contributed by atoms with van der Waals surface area (Å²) >= 11 is 5.21. The van der Waals surface area contributed by atoms with Gasteiger partial charge in [0, 0.05) is 21.9 Å². The Morgan fingerprint density at radius 1 is 0.380 bits per heavy atom. The van der Waals surface area contributed by atoms with Gasteiger partial charge in [0.05, 0.1) is 41.7 Å². The summed E-state index contributed by atoms with van der Waals surface area (Å²) in [6.07, 6.45) is 0. The largest absolute Gasteiger partial charge is 0.285 e. The predicted molar refractivity (Wildman–Crippen MR) is 214 cm³/mol. The van der Waals surface area contributed by atoms with Crippen LogP contribution in [0, 0.1) is 0 Å². The van der Waals surface area contributed by atoms with Crippen molar-refractivity contribution in [3.8, 4) is 37.4 Å². The molecule has 0 aliphatic rings. The van der Waals surface area contributed by atoms with E-state index in [-0.39, 0.29) is 0 Å². The summed E-state index contributed by atoms with van der Waals surface area (Å²) in [7, 11) is 0. The maximum atomic E-state index is 5.13. The highest BCUT2D eigenvalue weighted by atomic mass is 32.1. The number of benzene rings is 7. The average molecular weight is 693 g/mol. The topological polar surface area (TPSA) is 43.6 Å². The van der Waals surface area contributed by atoms with Crippen molar-refractivity contribution in [3.05, 3.63) is 146 Å². The molecule has 0 amide bonds. The molecule has 0 saturated heterocycles. The van der Waals surface area contributed by atoms with Crippen molar-refractivity contribution in [1.29, 1.82) is 0 Å². The summed E-state index contributed by atoms with van der Waals surface area (Å²) in [5.74, 6) is 0. The van der Waals surface area contributed by atoms with Crippen LogP contribution < -0.4 is 0 Å². The third kappa shape index (κ3) is 4.44. The molecule has 11 aromatic rings. The first kappa shape index (κ1) is 28.1. The minimum Gasteiger partial charge on any atom is -0.285 e. The molecule has 7 heteroatoms. The van der Waals surface area contributed by atoms with Gasteiger partial charge >= 0.3 is 0 Å². The van der Waals surface area contributed by atoms with Gasteiger partial charge in [0.25, 0.3) is 0 Å². The average Bonchev–Trinajstić information content (AvgIpc) is 3.96. The van der Waals surface area contributed by atoms with E-state index in [4.69, 9.17) is 15.0 Å². The fourth-order valence-electron chi connectivity index (χ4n) is 7.04. The minimum absolute atomic E-state index is 0.966. The van der Waals surface area contributed by atoms with E-state index in [1.807, 2.05) is 0 Å². The molecule has 0 N–H and O–H groups in total. The van der Waals surface area contributed by atoms with E-state index < -0.39 is 0 Å². The molecule has 11 rings (SSSR count). The smallest absolute Gasteiger partial charge is 0.195 e. The Kier molecular flexibility index (Phi) is 6.13. The number of fused-ring (bicyclic) bond motifs is 7. The number of hydrogen-bond acceptors (Lipinski definition) is 6. The second-order valence-electron chi connectivity index (χ2n) is 12.5. The van der Waals surface area contributed by atoms with E-state index in [9.17, 15) is 0 Å².